The number of para-hydroxylation sites is 2. The first-order valence-electron chi connectivity index (χ1n) is 12.8. The van der Waals surface area contributed by atoms with Crippen molar-refractivity contribution in [2.24, 2.45) is 5.41 Å². The van der Waals surface area contributed by atoms with Crippen molar-refractivity contribution in [2.45, 2.75) is 96.2 Å². The van der Waals surface area contributed by atoms with Crippen LogP contribution in [0.3, 0.4) is 0 Å². The SMILES string of the molecule is Cc1nc2ccccc2n1CCC(=O)N1CCC2(CC1)CO[C@H]([C@@]1(C)CC[C@@H](C(C)(C)O)O1)C2. The summed E-state index contributed by atoms with van der Waals surface area (Å²) < 4.78 is 14.8. The molecule has 0 radical (unpaired) electrons. The number of nitrogens with zero attached hydrogens (tertiary/aromatic N) is 3. The van der Waals surface area contributed by atoms with Crippen molar-refractivity contribution in [1.29, 1.82) is 0 Å². The fourth-order valence-electron chi connectivity index (χ4n) is 6.20. The van der Waals surface area contributed by atoms with Crippen LogP contribution in [0.5, 0.6) is 0 Å². The van der Waals surface area contributed by atoms with E-state index in [4.69, 9.17) is 9.47 Å². The van der Waals surface area contributed by atoms with Crippen LogP contribution in [0.15, 0.2) is 24.3 Å². The molecule has 1 aromatic carbocycles. The number of piperidine rings is 1. The van der Waals surface area contributed by atoms with E-state index in [0.29, 0.717) is 13.0 Å². The number of ether oxygens (including phenoxy) is 2. The van der Waals surface area contributed by atoms with E-state index in [-0.39, 0.29) is 29.1 Å². The summed E-state index contributed by atoms with van der Waals surface area (Å²) in [4.78, 5) is 19.7. The number of aromatic nitrogens is 2. The molecule has 0 unspecified atom stereocenters. The smallest absolute Gasteiger partial charge is 0.224 e. The third kappa shape index (κ3) is 4.38. The molecule has 1 N–H and O–H groups in total. The predicted octanol–water partition coefficient (Wildman–Crippen LogP) is 3.84. The van der Waals surface area contributed by atoms with Gasteiger partial charge in [-0.25, -0.2) is 4.98 Å². The zero-order valence-electron chi connectivity index (χ0n) is 21.0. The number of amides is 1. The molecular weight excluding hydrogens is 430 g/mol. The number of fused-ring (bicyclic) bond motifs is 1. The monoisotopic (exact) mass is 469 g/mol. The van der Waals surface area contributed by atoms with E-state index in [1.165, 1.54) is 0 Å². The van der Waals surface area contributed by atoms with Crippen LogP contribution in [0.25, 0.3) is 11.0 Å². The summed E-state index contributed by atoms with van der Waals surface area (Å²) >= 11 is 0. The van der Waals surface area contributed by atoms with Crippen LogP contribution in [0, 0.1) is 12.3 Å². The lowest BCUT2D eigenvalue weighted by Gasteiger charge is -2.39. The maximum atomic E-state index is 13.0. The van der Waals surface area contributed by atoms with Gasteiger partial charge in [0.2, 0.25) is 5.91 Å². The molecule has 0 saturated carbocycles. The van der Waals surface area contributed by atoms with Gasteiger partial charge in [0.05, 0.1) is 41.1 Å². The zero-order chi connectivity index (χ0) is 24.1. The summed E-state index contributed by atoms with van der Waals surface area (Å²) in [6.45, 7) is 10.8. The number of likely N-dealkylation sites (tertiary alicyclic amines) is 1. The summed E-state index contributed by atoms with van der Waals surface area (Å²) in [6.07, 6.45) is 5.12. The van der Waals surface area contributed by atoms with E-state index in [9.17, 15) is 9.90 Å². The van der Waals surface area contributed by atoms with E-state index in [2.05, 4.69) is 22.5 Å². The lowest BCUT2D eigenvalue weighted by molar-refractivity contribution is -0.155. The summed E-state index contributed by atoms with van der Waals surface area (Å²) in [6, 6.07) is 8.10. The van der Waals surface area contributed by atoms with Gasteiger partial charge < -0.3 is 24.0 Å². The molecule has 0 bridgehead atoms. The van der Waals surface area contributed by atoms with Gasteiger partial charge in [0, 0.05) is 26.1 Å². The third-order valence-corrected chi connectivity index (χ3v) is 8.56. The molecule has 5 rings (SSSR count). The third-order valence-electron chi connectivity index (χ3n) is 8.56. The minimum Gasteiger partial charge on any atom is -0.388 e. The predicted molar refractivity (Wildman–Crippen MR) is 131 cm³/mol. The summed E-state index contributed by atoms with van der Waals surface area (Å²) in [5, 5.41) is 10.4. The summed E-state index contributed by atoms with van der Waals surface area (Å²) in [5.41, 5.74) is 1.04. The van der Waals surface area contributed by atoms with Crippen molar-refractivity contribution in [1.82, 2.24) is 14.5 Å². The molecule has 186 valence electrons. The van der Waals surface area contributed by atoms with Crippen molar-refractivity contribution in [3.05, 3.63) is 30.1 Å². The van der Waals surface area contributed by atoms with Crippen LogP contribution in [-0.2, 0) is 20.8 Å². The number of aryl methyl sites for hydroxylation is 2. The molecular formula is C27H39N3O4. The number of hydrogen-bond donors (Lipinski definition) is 1. The van der Waals surface area contributed by atoms with Crippen molar-refractivity contribution < 1.29 is 19.4 Å². The number of carbonyl (C=O) groups is 1. The Hall–Kier alpha value is -1.96. The number of carbonyl (C=O) groups excluding carboxylic acids is 1. The Morgan fingerprint density at radius 2 is 1.97 bits per heavy atom. The van der Waals surface area contributed by atoms with Crippen molar-refractivity contribution >= 4 is 16.9 Å². The average molecular weight is 470 g/mol. The normalized spacial score (nSPS) is 29.4. The van der Waals surface area contributed by atoms with Crippen molar-refractivity contribution in [3.63, 3.8) is 0 Å². The van der Waals surface area contributed by atoms with Gasteiger partial charge in [-0.2, -0.15) is 0 Å². The number of benzene rings is 1. The number of rotatable bonds is 5. The molecule has 3 fully saturated rings. The largest absolute Gasteiger partial charge is 0.388 e. The fraction of sp³-hybridized carbons (Fsp3) is 0.704. The second kappa shape index (κ2) is 8.61. The minimum absolute atomic E-state index is 0.0552. The van der Waals surface area contributed by atoms with Gasteiger partial charge >= 0.3 is 0 Å². The fourth-order valence-corrected chi connectivity index (χ4v) is 6.20. The zero-order valence-corrected chi connectivity index (χ0v) is 21.0. The first-order valence-corrected chi connectivity index (χ1v) is 12.8. The maximum Gasteiger partial charge on any atom is 0.224 e. The maximum absolute atomic E-state index is 13.0. The lowest BCUT2D eigenvalue weighted by atomic mass is 9.74. The second-order valence-electron chi connectivity index (χ2n) is 11.5. The molecule has 1 aromatic heterocycles. The van der Waals surface area contributed by atoms with Gasteiger partial charge in [0.15, 0.2) is 0 Å². The van der Waals surface area contributed by atoms with Gasteiger partial charge in [-0.1, -0.05) is 12.1 Å². The Bertz CT molecular complexity index is 1050. The van der Waals surface area contributed by atoms with Crippen LogP contribution < -0.4 is 0 Å². The molecule has 1 spiro atoms. The van der Waals surface area contributed by atoms with Crippen molar-refractivity contribution in [2.75, 3.05) is 19.7 Å². The highest BCUT2D eigenvalue weighted by Crippen LogP contribution is 2.49. The molecule has 2 aromatic rings. The van der Waals surface area contributed by atoms with E-state index < -0.39 is 5.60 Å². The Morgan fingerprint density at radius 3 is 2.68 bits per heavy atom. The molecule has 1 amide bonds. The highest BCUT2D eigenvalue weighted by molar-refractivity contribution is 5.78. The highest BCUT2D eigenvalue weighted by atomic mass is 16.6. The van der Waals surface area contributed by atoms with Gasteiger partial charge in [-0.3, -0.25) is 4.79 Å². The summed E-state index contributed by atoms with van der Waals surface area (Å²) in [7, 11) is 0. The lowest BCUT2D eigenvalue weighted by Crippen LogP contribution is -2.45. The number of aliphatic hydroxyl groups is 1. The standard InChI is InChI=1S/C27H39N3O4/c1-19-28-20-7-5-6-8-21(20)30(19)14-10-24(31)29-15-12-27(13-16-29)17-23(33-18-27)26(4)11-9-22(34-26)25(2,3)32/h5-8,22-23,32H,9-18H2,1-4H3/t22-,23-,26+/m0/s1. The van der Waals surface area contributed by atoms with Crippen molar-refractivity contribution in [3.8, 4) is 0 Å². The van der Waals surface area contributed by atoms with E-state index in [1.54, 1.807) is 0 Å². The Labute approximate surface area is 202 Å². The quantitative estimate of drug-likeness (QED) is 0.720. The minimum atomic E-state index is -0.832. The number of imidazole rings is 1. The second-order valence-corrected chi connectivity index (χ2v) is 11.5. The van der Waals surface area contributed by atoms with E-state index in [1.807, 2.05) is 43.9 Å². The molecule has 3 atom stereocenters. The highest BCUT2D eigenvalue weighted by Gasteiger charge is 2.53. The Kier molecular flexibility index (Phi) is 6.02. The van der Waals surface area contributed by atoms with Crippen LogP contribution in [-0.4, -0.2) is 68.6 Å². The first kappa shape index (κ1) is 23.8. The van der Waals surface area contributed by atoms with E-state index in [0.717, 1.165) is 68.7 Å². The van der Waals surface area contributed by atoms with Crippen LogP contribution in [0.1, 0.15) is 65.1 Å². The Morgan fingerprint density at radius 1 is 1.24 bits per heavy atom. The van der Waals surface area contributed by atoms with Gasteiger partial charge in [0.1, 0.15) is 5.82 Å². The Balaban J connectivity index is 1.14. The average Bonchev–Trinajstić information content (AvgIpc) is 3.48. The first-order chi connectivity index (χ1) is 16.1. The molecule has 3 aliphatic heterocycles. The van der Waals surface area contributed by atoms with Gasteiger partial charge in [-0.15, -0.1) is 0 Å². The van der Waals surface area contributed by atoms with Gasteiger partial charge in [0.25, 0.3) is 0 Å². The molecule has 0 aliphatic carbocycles. The van der Waals surface area contributed by atoms with E-state index >= 15 is 0 Å². The molecule has 34 heavy (non-hydrogen) atoms. The summed E-state index contributed by atoms with van der Waals surface area (Å²) in [5.74, 6) is 1.18. The van der Waals surface area contributed by atoms with Gasteiger partial charge in [-0.05, 0) is 77.3 Å². The van der Waals surface area contributed by atoms with Crippen LogP contribution in [0.4, 0.5) is 0 Å². The molecule has 3 aliphatic rings. The molecule has 3 saturated heterocycles. The van der Waals surface area contributed by atoms with Crippen LogP contribution >= 0.6 is 0 Å². The number of hydrogen-bond acceptors (Lipinski definition) is 5. The topological polar surface area (TPSA) is 76.8 Å². The molecule has 7 nitrogen and oxygen atoms in total. The molecule has 4 heterocycles. The van der Waals surface area contributed by atoms with Crippen LogP contribution in [0.2, 0.25) is 0 Å². The molecule has 7 heteroatoms.